The van der Waals surface area contributed by atoms with E-state index in [9.17, 15) is 0 Å². The lowest BCUT2D eigenvalue weighted by Gasteiger charge is -2.17. The van der Waals surface area contributed by atoms with Gasteiger partial charge < -0.3 is 9.47 Å². The zero-order valence-corrected chi connectivity index (χ0v) is 8.53. The van der Waals surface area contributed by atoms with Crippen molar-refractivity contribution in [2.75, 3.05) is 13.2 Å². The van der Waals surface area contributed by atoms with Crippen LogP contribution in [0.4, 0.5) is 0 Å². The number of nitriles is 1. The Kier molecular flexibility index (Phi) is 3.08. The maximum absolute atomic E-state index is 8.38. The zero-order chi connectivity index (χ0) is 10.5. The molecule has 0 aromatic heterocycles. The van der Waals surface area contributed by atoms with Crippen LogP contribution in [0.15, 0.2) is 18.2 Å². The van der Waals surface area contributed by atoms with Gasteiger partial charge in [-0.25, -0.2) is 0 Å². The fourth-order valence-electron chi connectivity index (χ4n) is 1.62. The first kappa shape index (κ1) is 9.85. The van der Waals surface area contributed by atoms with Crippen molar-refractivity contribution in [1.82, 2.24) is 0 Å². The van der Waals surface area contributed by atoms with E-state index >= 15 is 0 Å². The van der Waals surface area contributed by atoms with Crippen LogP contribution >= 0.6 is 0 Å². The van der Waals surface area contributed by atoms with E-state index < -0.39 is 0 Å². The molecule has 1 aliphatic heterocycles. The highest BCUT2D eigenvalue weighted by Crippen LogP contribution is 2.28. The summed E-state index contributed by atoms with van der Waals surface area (Å²) in [7, 11) is 0. The molecule has 1 heterocycles. The smallest absolute Gasteiger partial charge is 0.126 e. The van der Waals surface area contributed by atoms with E-state index in [-0.39, 0.29) is 0 Å². The third-order valence-corrected chi connectivity index (χ3v) is 2.37. The normalized spacial score (nSPS) is 13.5. The number of aryl methyl sites for hydroxylation is 1. The standard InChI is InChI=1S/C12H13NO2/c13-6-2-8-14-11-5-4-10-3-1-7-15-12(10)9-11/h4-5,9H,1-3,7-8H2. The first-order chi connectivity index (χ1) is 7.40. The van der Waals surface area contributed by atoms with Crippen molar-refractivity contribution in [3.63, 3.8) is 0 Å². The number of hydrogen-bond donors (Lipinski definition) is 0. The predicted octanol–water partition coefficient (Wildman–Crippen LogP) is 2.30. The monoisotopic (exact) mass is 203 g/mol. The number of nitrogens with zero attached hydrogens (tertiary/aromatic N) is 1. The molecule has 3 nitrogen and oxygen atoms in total. The van der Waals surface area contributed by atoms with Gasteiger partial charge >= 0.3 is 0 Å². The summed E-state index contributed by atoms with van der Waals surface area (Å²) in [5, 5.41) is 8.38. The Bertz CT molecular complexity index is 382. The molecular weight excluding hydrogens is 190 g/mol. The lowest BCUT2D eigenvalue weighted by molar-refractivity contribution is 0.282. The minimum atomic E-state index is 0.415. The van der Waals surface area contributed by atoms with E-state index in [0.29, 0.717) is 13.0 Å². The number of benzene rings is 1. The zero-order valence-electron chi connectivity index (χ0n) is 8.53. The molecule has 2 rings (SSSR count). The van der Waals surface area contributed by atoms with Crippen LogP contribution in [0.1, 0.15) is 18.4 Å². The Morgan fingerprint density at radius 1 is 1.47 bits per heavy atom. The number of fused-ring (bicyclic) bond motifs is 1. The molecule has 1 aromatic carbocycles. The molecule has 1 aromatic rings. The maximum atomic E-state index is 8.38. The maximum Gasteiger partial charge on any atom is 0.126 e. The SMILES string of the molecule is N#CCCOc1ccc2c(c1)OCCC2. The molecule has 0 unspecified atom stereocenters. The fourth-order valence-corrected chi connectivity index (χ4v) is 1.62. The van der Waals surface area contributed by atoms with E-state index in [2.05, 4.69) is 0 Å². The van der Waals surface area contributed by atoms with Crippen molar-refractivity contribution in [3.8, 4) is 17.6 Å². The van der Waals surface area contributed by atoms with Gasteiger partial charge in [-0.05, 0) is 24.5 Å². The average Bonchev–Trinajstić information content (AvgIpc) is 2.29. The molecule has 0 saturated heterocycles. The van der Waals surface area contributed by atoms with Crippen molar-refractivity contribution in [2.24, 2.45) is 0 Å². The molecule has 3 heteroatoms. The average molecular weight is 203 g/mol. The molecule has 0 amide bonds. The molecule has 0 radical (unpaired) electrons. The summed E-state index contributed by atoms with van der Waals surface area (Å²) in [6, 6.07) is 7.93. The van der Waals surface area contributed by atoms with Crippen LogP contribution in [0.3, 0.4) is 0 Å². The van der Waals surface area contributed by atoms with Gasteiger partial charge in [-0.2, -0.15) is 5.26 Å². The Balaban J connectivity index is 2.04. The van der Waals surface area contributed by atoms with Gasteiger partial charge in [0.15, 0.2) is 0 Å². The Hall–Kier alpha value is -1.69. The third kappa shape index (κ3) is 2.41. The van der Waals surface area contributed by atoms with E-state index in [1.807, 2.05) is 24.3 Å². The molecule has 0 saturated carbocycles. The van der Waals surface area contributed by atoms with E-state index in [4.69, 9.17) is 14.7 Å². The first-order valence-electron chi connectivity index (χ1n) is 5.15. The van der Waals surface area contributed by atoms with Crippen LogP contribution in [-0.2, 0) is 6.42 Å². The summed E-state index contributed by atoms with van der Waals surface area (Å²) < 4.78 is 10.9. The molecule has 0 spiro atoms. The largest absolute Gasteiger partial charge is 0.493 e. The summed E-state index contributed by atoms with van der Waals surface area (Å²) in [4.78, 5) is 0. The molecule has 78 valence electrons. The molecule has 0 fully saturated rings. The number of ether oxygens (including phenoxy) is 2. The minimum Gasteiger partial charge on any atom is -0.493 e. The van der Waals surface area contributed by atoms with Crippen molar-refractivity contribution >= 4 is 0 Å². The molecule has 15 heavy (non-hydrogen) atoms. The second-order valence-electron chi connectivity index (χ2n) is 3.48. The molecule has 0 atom stereocenters. The summed E-state index contributed by atoms with van der Waals surface area (Å²) >= 11 is 0. The minimum absolute atomic E-state index is 0.415. The second-order valence-corrected chi connectivity index (χ2v) is 3.48. The lowest BCUT2D eigenvalue weighted by atomic mass is 10.1. The van der Waals surface area contributed by atoms with Gasteiger partial charge in [0.2, 0.25) is 0 Å². The van der Waals surface area contributed by atoms with Crippen LogP contribution in [-0.4, -0.2) is 13.2 Å². The van der Waals surface area contributed by atoms with E-state index in [1.54, 1.807) is 0 Å². The summed E-state index contributed by atoms with van der Waals surface area (Å²) in [6.07, 6.45) is 2.58. The van der Waals surface area contributed by atoms with Gasteiger partial charge in [-0.15, -0.1) is 0 Å². The number of hydrogen-bond acceptors (Lipinski definition) is 3. The molecular formula is C12H13NO2. The Morgan fingerprint density at radius 3 is 3.27 bits per heavy atom. The molecule has 0 bridgehead atoms. The van der Waals surface area contributed by atoms with Gasteiger partial charge in [0, 0.05) is 6.07 Å². The van der Waals surface area contributed by atoms with Gasteiger partial charge in [0.1, 0.15) is 18.1 Å². The topological polar surface area (TPSA) is 42.2 Å². The van der Waals surface area contributed by atoms with Gasteiger partial charge in [0.25, 0.3) is 0 Å². The predicted molar refractivity (Wildman–Crippen MR) is 56.0 cm³/mol. The fraction of sp³-hybridized carbons (Fsp3) is 0.417. The highest BCUT2D eigenvalue weighted by molar-refractivity contribution is 5.41. The van der Waals surface area contributed by atoms with Crippen molar-refractivity contribution in [3.05, 3.63) is 23.8 Å². The third-order valence-electron chi connectivity index (χ3n) is 2.37. The summed E-state index contributed by atoms with van der Waals surface area (Å²) in [5.74, 6) is 1.71. The summed E-state index contributed by atoms with van der Waals surface area (Å²) in [6.45, 7) is 1.23. The van der Waals surface area contributed by atoms with Gasteiger partial charge in [-0.3, -0.25) is 0 Å². The van der Waals surface area contributed by atoms with Crippen LogP contribution < -0.4 is 9.47 Å². The number of rotatable bonds is 3. The van der Waals surface area contributed by atoms with Gasteiger partial charge in [0.05, 0.1) is 19.1 Å². The molecule has 1 aliphatic rings. The van der Waals surface area contributed by atoms with Gasteiger partial charge in [-0.1, -0.05) is 6.07 Å². The summed E-state index contributed by atoms with van der Waals surface area (Å²) in [5.41, 5.74) is 1.24. The lowest BCUT2D eigenvalue weighted by Crippen LogP contribution is -2.08. The van der Waals surface area contributed by atoms with Crippen molar-refractivity contribution < 1.29 is 9.47 Å². The second kappa shape index (κ2) is 4.70. The van der Waals surface area contributed by atoms with E-state index in [0.717, 1.165) is 30.9 Å². The van der Waals surface area contributed by atoms with E-state index in [1.165, 1.54) is 5.56 Å². The van der Waals surface area contributed by atoms with Crippen LogP contribution in [0.2, 0.25) is 0 Å². The van der Waals surface area contributed by atoms with Crippen LogP contribution in [0, 0.1) is 11.3 Å². The molecule has 0 N–H and O–H groups in total. The Labute approximate surface area is 89.2 Å². The quantitative estimate of drug-likeness (QED) is 0.708. The Morgan fingerprint density at radius 2 is 2.40 bits per heavy atom. The van der Waals surface area contributed by atoms with Crippen molar-refractivity contribution in [1.29, 1.82) is 5.26 Å². The molecule has 0 aliphatic carbocycles. The van der Waals surface area contributed by atoms with Crippen LogP contribution in [0.25, 0.3) is 0 Å². The first-order valence-corrected chi connectivity index (χ1v) is 5.15. The van der Waals surface area contributed by atoms with Crippen molar-refractivity contribution in [2.45, 2.75) is 19.3 Å². The highest BCUT2D eigenvalue weighted by atomic mass is 16.5. The highest BCUT2D eigenvalue weighted by Gasteiger charge is 2.10. The van der Waals surface area contributed by atoms with Crippen LogP contribution in [0.5, 0.6) is 11.5 Å².